The molecule has 2 rings (SSSR count). The van der Waals surface area contributed by atoms with E-state index < -0.39 is 0 Å². The van der Waals surface area contributed by atoms with E-state index in [-0.39, 0.29) is 0 Å². The van der Waals surface area contributed by atoms with Crippen molar-refractivity contribution in [3.8, 4) is 5.88 Å². The summed E-state index contributed by atoms with van der Waals surface area (Å²) in [6, 6.07) is 9.93. The van der Waals surface area contributed by atoms with Gasteiger partial charge in [-0.25, -0.2) is 4.68 Å². The van der Waals surface area contributed by atoms with Gasteiger partial charge in [0.25, 0.3) is 0 Å². The summed E-state index contributed by atoms with van der Waals surface area (Å²) in [6.07, 6.45) is 0.780. The molecule has 1 heterocycles. The maximum Gasteiger partial charge on any atom is 0.222 e. The van der Waals surface area contributed by atoms with E-state index in [1.807, 2.05) is 30.3 Å². The van der Waals surface area contributed by atoms with Crippen molar-refractivity contribution < 1.29 is 9.53 Å². The van der Waals surface area contributed by atoms with Crippen molar-refractivity contribution in [1.29, 1.82) is 0 Å². The van der Waals surface area contributed by atoms with Crippen LogP contribution in [0.2, 0.25) is 0 Å². The maximum absolute atomic E-state index is 10.9. The predicted molar refractivity (Wildman–Crippen MR) is 64.4 cm³/mol. The molecule has 0 aliphatic heterocycles. The average Bonchev–Trinajstić information content (AvgIpc) is 2.65. The normalized spacial score (nSPS) is 10.2. The number of methoxy groups -OCH3 is 1. The van der Waals surface area contributed by atoms with E-state index in [9.17, 15) is 4.79 Å². The summed E-state index contributed by atoms with van der Waals surface area (Å²) >= 11 is 0. The molecule has 0 saturated heterocycles. The Kier molecular flexibility index (Phi) is 3.23. The minimum atomic E-state index is 0.515. The summed E-state index contributed by atoms with van der Waals surface area (Å²) in [5.41, 5.74) is 2.32. The van der Waals surface area contributed by atoms with E-state index in [1.165, 1.54) is 0 Å². The third-order valence-corrected chi connectivity index (χ3v) is 2.61. The Hall–Kier alpha value is -2.10. The second kappa shape index (κ2) is 4.82. The Morgan fingerprint density at radius 3 is 2.65 bits per heavy atom. The SMILES string of the molecule is COc1c(C=O)c(C)nn1Cc1ccccc1. The Morgan fingerprint density at radius 2 is 2.06 bits per heavy atom. The number of carbonyl (C=O) groups is 1. The largest absolute Gasteiger partial charge is 0.481 e. The van der Waals surface area contributed by atoms with Gasteiger partial charge >= 0.3 is 0 Å². The number of rotatable bonds is 4. The zero-order valence-corrected chi connectivity index (χ0v) is 9.88. The van der Waals surface area contributed by atoms with Crippen molar-refractivity contribution in [2.75, 3.05) is 7.11 Å². The highest BCUT2D eigenvalue weighted by Crippen LogP contribution is 2.20. The lowest BCUT2D eigenvalue weighted by Gasteiger charge is -2.06. The summed E-state index contributed by atoms with van der Waals surface area (Å²) in [5, 5.41) is 4.31. The molecule has 17 heavy (non-hydrogen) atoms. The van der Waals surface area contributed by atoms with E-state index in [0.717, 1.165) is 11.8 Å². The van der Waals surface area contributed by atoms with Crippen LogP contribution in [0, 0.1) is 6.92 Å². The standard InChI is InChI=1S/C13H14N2O2/c1-10-12(9-16)13(17-2)15(14-10)8-11-6-4-3-5-7-11/h3-7,9H,8H2,1-2H3. The molecule has 0 atom stereocenters. The van der Waals surface area contributed by atoms with Crippen molar-refractivity contribution in [3.05, 3.63) is 47.2 Å². The third kappa shape index (κ3) is 2.20. The molecule has 88 valence electrons. The summed E-state index contributed by atoms with van der Waals surface area (Å²) in [6.45, 7) is 2.40. The Labute approximate surface area is 99.8 Å². The number of aldehydes is 1. The fraction of sp³-hybridized carbons (Fsp3) is 0.231. The molecule has 1 aromatic carbocycles. The molecule has 0 spiro atoms. The minimum absolute atomic E-state index is 0.515. The highest BCUT2D eigenvalue weighted by atomic mass is 16.5. The number of aryl methyl sites for hydroxylation is 1. The molecule has 0 aliphatic carbocycles. The molecule has 0 fully saturated rings. The first kappa shape index (κ1) is 11.4. The minimum Gasteiger partial charge on any atom is -0.481 e. The summed E-state index contributed by atoms with van der Waals surface area (Å²) < 4.78 is 6.93. The topological polar surface area (TPSA) is 44.1 Å². The van der Waals surface area contributed by atoms with Crippen molar-refractivity contribution in [1.82, 2.24) is 9.78 Å². The molecule has 0 saturated carbocycles. The van der Waals surface area contributed by atoms with Crippen molar-refractivity contribution in [2.45, 2.75) is 13.5 Å². The lowest BCUT2D eigenvalue weighted by Crippen LogP contribution is -2.04. The van der Waals surface area contributed by atoms with Crippen LogP contribution in [-0.2, 0) is 6.54 Å². The molecule has 0 bridgehead atoms. The Bertz CT molecular complexity index is 518. The molecular formula is C13H14N2O2. The first-order valence-electron chi connectivity index (χ1n) is 5.36. The van der Waals surface area contributed by atoms with Crippen LogP contribution in [0.1, 0.15) is 21.6 Å². The lowest BCUT2D eigenvalue weighted by molar-refractivity contribution is 0.111. The number of hydrogen-bond acceptors (Lipinski definition) is 3. The van der Waals surface area contributed by atoms with Crippen LogP contribution in [0.3, 0.4) is 0 Å². The van der Waals surface area contributed by atoms with Crippen LogP contribution in [-0.4, -0.2) is 23.2 Å². The van der Waals surface area contributed by atoms with Crippen LogP contribution < -0.4 is 4.74 Å². The van der Waals surface area contributed by atoms with Gasteiger partial charge in [-0.05, 0) is 12.5 Å². The van der Waals surface area contributed by atoms with Gasteiger partial charge in [-0.1, -0.05) is 30.3 Å². The number of ether oxygens (including phenoxy) is 1. The van der Waals surface area contributed by atoms with Crippen LogP contribution in [0.5, 0.6) is 5.88 Å². The van der Waals surface area contributed by atoms with Gasteiger partial charge in [-0.2, -0.15) is 5.10 Å². The van der Waals surface area contributed by atoms with Gasteiger partial charge in [0.15, 0.2) is 6.29 Å². The molecule has 0 aliphatic rings. The van der Waals surface area contributed by atoms with E-state index in [4.69, 9.17) is 4.74 Å². The van der Waals surface area contributed by atoms with Gasteiger partial charge in [-0.15, -0.1) is 0 Å². The number of aromatic nitrogens is 2. The van der Waals surface area contributed by atoms with Gasteiger partial charge in [0, 0.05) is 0 Å². The monoisotopic (exact) mass is 230 g/mol. The Balaban J connectivity index is 2.36. The van der Waals surface area contributed by atoms with Crippen molar-refractivity contribution in [3.63, 3.8) is 0 Å². The maximum atomic E-state index is 10.9. The molecular weight excluding hydrogens is 216 g/mol. The number of benzene rings is 1. The molecule has 0 N–H and O–H groups in total. The van der Waals surface area contributed by atoms with Crippen LogP contribution in [0.15, 0.2) is 30.3 Å². The van der Waals surface area contributed by atoms with E-state index in [2.05, 4.69) is 5.10 Å². The van der Waals surface area contributed by atoms with E-state index in [0.29, 0.717) is 23.7 Å². The Morgan fingerprint density at radius 1 is 1.35 bits per heavy atom. The smallest absolute Gasteiger partial charge is 0.222 e. The number of carbonyl (C=O) groups excluding carboxylic acids is 1. The molecule has 0 unspecified atom stereocenters. The van der Waals surface area contributed by atoms with Gasteiger partial charge in [0.05, 0.1) is 24.9 Å². The third-order valence-electron chi connectivity index (χ3n) is 2.61. The van der Waals surface area contributed by atoms with Gasteiger partial charge in [-0.3, -0.25) is 4.79 Å². The lowest BCUT2D eigenvalue weighted by atomic mass is 10.2. The molecule has 4 heteroatoms. The zero-order valence-electron chi connectivity index (χ0n) is 9.88. The number of hydrogen-bond donors (Lipinski definition) is 0. The first-order valence-corrected chi connectivity index (χ1v) is 5.36. The number of nitrogens with zero attached hydrogens (tertiary/aromatic N) is 2. The molecule has 4 nitrogen and oxygen atoms in total. The highest BCUT2D eigenvalue weighted by molar-refractivity contribution is 5.80. The summed E-state index contributed by atoms with van der Waals surface area (Å²) in [4.78, 5) is 10.9. The molecule has 0 radical (unpaired) electrons. The van der Waals surface area contributed by atoms with Crippen molar-refractivity contribution in [2.24, 2.45) is 0 Å². The fourth-order valence-corrected chi connectivity index (χ4v) is 1.79. The predicted octanol–water partition coefficient (Wildman–Crippen LogP) is 2.06. The van der Waals surface area contributed by atoms with Gasteiger partial charge < -0.3 is 4.74 Å². The van der Waals surface area contributed by atoms with Crippen LogP contribution >= 0.6 is 0 Å². The quantitative estimate of drug-likeness (QED) is 0.755. The molecule has 2 aromatic rings. The average molecular weight is 230 g/mol. The zero-order chi connectivity index (χ0) is 12.3. The molecule has 1 aromatic heterocycles. The van der Waals surface area contributed by atoms with Crippen LogP contribution in [0.4, 0.5) is 0 Å². The highest BCUT2D eigenvalue weighted by Gasteiger charge is 2.14. The molecule has 0 amide bonds. The summed E-state index contributed by atoms with van der Waals surface area (Å²) in [7, 11) is 1.55. The first-order chi connectivity index (χ1) is 8.26. The second-order valence-electron chi connectivity index (χ2n) is 3.77. The van der Waals surface area contributed by atoms with Gasteiger partial charge in [0.2, 0.25) is 5.88 Å². The van der Waals surface area contributed by atoms with Crippen LogP contribution in [0.25, 0.3) is 0 Å². The summed E-state index contributed by atoms with van der Waals surface area (Å²) in [5.74, 6) is 0.515. The van der Waals surface area contributed by atoms with Gasteiger partial charge in [0.1, 0.15) is 0 Å². The second-order valence-corrected chi connectivity index (χ2v) is 3.77. The van der Waals surface area contributed by atoms with Crippen molar-refractivity contribution >= 4 is 6.29 Å². The fourth-order valence-electron chi connectivity index (χ4n) is 1.79. The van der Waals surface area contributed by atoms with E-state index >= 15 is 0 Å². The van der Waals surface area contributed by atoms with E-state index in [1.54, 1.807) is 18.7 Å².